The minimum absolute atomic E-state index is 0.235. The summed E-state index contributed by atoms with van der Waals surface area (Å²) in [5.74, 6) is 0.553. The number of benzene rings is 1. The lowest BCUT2D eigenvalue weighted by atomic mass is 10.1. The Morgan fingerprint density at radius 2 is 1.93 bits per heavy atom. The fourth-order valence-electron chi connectivity index (χ4n) is 2.34. The number of nitrogens with one attached hydrogen (secondary N) is 1. The van der Waals surface area contributed by atoms with Crippen molar-refractivity contribution in [2.75, 3.05) is 26.9 Å². The Morgan fingerprint density at radius 3 is 2.56 bits per heavy atom. The third-order valence-electron chi connectivity index (χ3n) is 3.69. The molecule has 1 N–H and O–H groups in total. The van der Waals surface area contributed by atoms with Crippen molar-refractivity contribution < 1.29 is 32.2 Å². The van der Waals surface area contributed by atoms with Gasteiger partial charge >= 0.3 is 6.18 Å². The zero-order chi connectivity index (χ0) is 20.3. The summed E-state index contributed by atoms with van der Waals surface area (Å²) in [6.07, 6.45) is -0.0526. The maximum Gasteiger partial charge on any atom is 0.411 e. The first kappa shape index (κ1) is 23.1. The zero-order valence-corrected chi connectivity index (χ0v) is 16.0. The van der Waals surface area contributed by atoms with E-state index in [9.17, 15) is 18.0 Å². The van der Waals surface area contributed by atoms with Crippen LogP contribution in [0, 0.1) is 0 Å². The van der Waals surface area contributed by atoms with Crippen LogP contribution in [-0.2, 0) is 4.74 Å². The normalized spacial score (nSPS) is 12.5. The van der Waals surface area contributed by atoms with Crippen molar-refractivity contribution in [1.82, 2.24) is 5.32 Å². The van der Waals surface area contributed by atoms with E-state index in [1.54, 1.807) is 25.1 Å². The van der Waals surface area contributed by atoms with Crippen molar-refractivity contribution >= 4 is 5.91 Å². The summed E-state index contributed by atoms with van der Waals surface area (Å²) in [4.78, 5) is 12.2. The molecule has 0 bridgehead atoms. The Morgan fingerprint density at radius 1 is 1.19 bits per heavy atom. The second kappa shape index (κ2) is 11.7. The van der Waals surface area contributed by atoms with Gasteiger partial charge in [-0.1, -0.05) is 26.2 Å². The number of methoxy groups -OCH3 is 1. The van der Waals surface area contributed by atoms with Crippen molar-refractivity contribution in [3.05, 3.63) is 23.8 Å². The van der Waals surface area contributed by atoms with Gasteiger partial charge in [0.05, 0.1) is 20.3 Å². The summed E-state index contributed by atoms with van der Waals surface area (Å²) < 4.78 is 51.7. The first-order valence-corrected chi connectivity index (χ1v) is 9.03. The fraction of sp³-hybridized carbons (Fsp3) is 0.632. The second-order valence-electron chi connectivity index (χ2n) is 6.28. The molecule has 27 heavy (non-hydrogen) atoms. The third kappa shape index (κ3) is 9.51. The molecular formula is C19H28F3NO4. The van der Waals surface area contributed by atoms with Crippen molar-refractivity contribution in [3.63, 3.8) is 0 Å². The third-order valence-corrected chi connectivity index (χ3v) is 3.69. The molecule has 0 aliphatic carbocycles. The summed E-state index contributed by atoms with van der Waals surface area (Å²) in [6, 6.07) is 4.21. The van der Waals surface area contributed by atoms with E-state index in [-0.39, 0.29) is 6.61 Å². The van der Waals surface area contributed by atoms with Crippen molar-refractivity contribution in [1.29, 1.82) is 0 Å². The van der Waals surface area contributed by atoms with E-state index in [1.165, 1.54) is 7.11 Å². The van der Waals surface area contributed by atoms with E-state index < -0.39 is 24.7 Å². The van der Waals surface area contributed by atoms with Crippen LogP contribution in [0.2, 0.25) is 0 Å². The van der Waals surface area contributed by atoms with Crippen molar-refractivity contribution in [3.8, 4) is 11.5 Å². The van der Waals surface area contributed by atoms with Gasteiger partial charge in [-0.3, -0.25) is 4.79 Å². The minimum atomic E-state index is -4.39. The van der Waals surface area contributed by atoms with Crippen LogP contribution < -0.4 is 14.8 Å². The highest BCUT2D eigenvalue weighted by Crippen LogP contribution is 2.28. The number of ether oxygens (including phenoxy) is 3. The molecule has 0 aliphatic rings. The Labute approximate surface area is 158 Å². The highest BCUT2D eigenvalue weighted by atomic mass is 19.4. The number of alkyl halides is 3. The average Bonchev–Trinajstić information content (AvgIpc) is 2.60. The van der Waals surface area contributed by atoms with Crippen LogP contribution in [0.5, 0.6) is 11.5 Å². The number of carbonyl (C=O) groups is 1. The molecule has 1 rings (SSSR count). The van der Waals surface area contributed by atoms with Crippen LogP contribution in [-0.4, -0.2) is 45.1 Å². The van der Waals surface area contributed by atoms with E-state index in [0.717, 1.165) is 25.7 Å². The highest BCUT2D eigenvalue weighted by Gasteiger charge is 2.27. The molecule has 5 nitrogen and oxygen atoms in total. The topological polar surface area (TPSA) is 56.8 Å². The molecule has 1 amide bonds. The van der Waals surface area contributed by atoms with Crippen molar-refractivity contribution in [2.45, 2.75) is 51.7 Å². The summed E-state index contributed by atoms with van der Waals surface area (Å²) in [7, 11) is 1.48. The molecule has 8 heteroatoms. The van der Waals surface area contributed by atoms with Gasteiger partial charge in [0, 0.05) is 11.6 Å². The molecule has 0 unspecified atom stereocenters. The van der Waals surface area contributed by atoms with Gasteiger partial charge in [0.25, 0.3) is 5.91 Å². The lowest BCUT2D eigenvalue weighted by Crippen LogP contribution is -2.36. The maximum atomic E-state index is 12.2. The van der Waals surface area contributed by atoms with Crippen molar-refractivity contribution in [2.24, 2.45) is 0 Å². The number of hydrogen-bond donors (Lipinski definition) is 1. The SMILES string of the molecule is CCCCCCOc1ccc(C(=O)N[C@@H](C)COCC(F)(F)F)cc1OC. The van der Waals surface area contributed by atoms with Gasteiger partial charge in [-0.2, -0.15) is 13.2 Å². The molecule has 0 aromatic heterocycles. The summed E-state index contributed by atoms with van der Waals surface area (Å²) in [5.41, 5.74) is 0.327. The minimum Gasteiger partial charge on any atom is -0.493 e. The van der Waals surface area contributed by atoms with Gasteiger partial charge in [-0.15, -0.1) is 0 Å². The number of carbonyl (C=O) groups excluding carboxylic acids is 1. The van der Waals surface area contributed by atoms with Gasteiger partial charge in [-0.05, 0) is 31.5 Å². The smallest absolute Gasteiger partial charge is 0.411 e. The van der Waals surface area contributed by atoms with Crippen LogP contribution in [0.4, 0.5) is 13.2 Å². The van der Waals surface area contributed by atoms with E-state index in [4.69, 9.17) is 9.47 Å². The van der Waals surface area contributed by atoms with Gasteiger partial charge in [0.2, 0.25) is 0 Å². The lowest BCUT2D eigenvalue weighted by Gasteiger charge is -2.16. The average molecular weight is 391 g/mol. The van der Waals surface area contributed by atoms with Crippen LogP contribution in [0.3, 0.4) is 0 Å². The lowest BCUT2D eigenvalue weighted by molar-refractivity contribution is -0.174. The first-order valence-electron chi connectivity index (χ1n) is 9.03. The molecule has 0 aliphatic heterocycles. The quantitative estimate of drug-likeness (QED) is 0.538. The van der Waals surface area contributed by atoms with E-state index in [1.807, 2.05) is 0 Å². The van der Waals surface area contributed by atoms with Gasteiger partial charge in [0.1, 0.15) is 6.61 Å². The number of rotatable bonds is 12. The molecular weight excluding hydrogens is 363 g/mol. The fourth-order valence-corrected chi connectivity index (χ4v) is 2.34. The standard InChI is InChI=1S/C19H28F3NO4/c1-4-5-6-7-10-27-16-9-8-15(11-17(16)25-3)18(24)23-14(2)12-26-13-19(20,21)22/h8-9,11,14H,4-7,10,12-13H2,1-3H3,(H,23,24)/t14-/m0/s1. The summed E-state index contributed by atoms with van der Waals surface area (Å²) >= 11 is 0. The van der Waals surface area contributed by atoms with Crippen LogP contribution >= 0.6 is 0 Å². The first-order chi connectivity index (χ1) is 12.8. The molecule has 0 radical (unpaired) electrons. The monoisotopic (exact) mass is 391 g/mol. The Bertz CT molecular complexity index is 579. The Hall–Kier alpha value is -1.96. The molecule has 0 saturated carbocycles. The number of amides is 1. The Balaban J connectivity index is 2.54. The second-order valence-corrected chi connectivity index (χ2v) is 6.28. The summed E-state index contributed by atoms with van der Waals surface area (Å²) in [6.45, 7) is 2.69. The van der Waals surface area contributed by atoms with Crippen LogP contribution in [0.15, 0.2) is 18.2 Å². The largest absolute Gasteiger partial charge is 0.493 e. The van der Waals surface area contributed by atoms with Gasteiger partial charge < -0.3 is 19.5 Å². The van der Waals surface area contributed by atoms with Crippen LogP contribution in [0.1, 0.15) is 49.9 Å². The summed E-state index contributed by atoms with van der Waals surface area (Å²) in [5, 5.41) is 2.59. The highest BCUT2D eigenvalue weighted by molar-refractivity contribution is 5.95. The zero-order valence-electron chi connectivity index (χ0n) is 16.0. The molecule has 154 valence electrons. The van der Waals surface area contributed by atoms with E-state index >= 15 is 0 Å². The van der Waals surface area contributed by atoms with E-state index in [2.05, 4.69) is 17.0 Å². The number of halogens is 3. The molecule has 0 fully saturated rings. The predicted molar refractivity (Wildman–Crippen MR) is 96.4 cm³/mol. The van der Waals surface area contributed by atoms with Crippen LogP contribution in [0.25, 0.3) is 0 Å². The molecule has 1 atom stereocenters. The van der Waals surface area contributed by atoms with Gasteiger partial charge in [0.15, 0.2) is 11.5 Å². The molecule has 1 aromatic rings. The Kier molecular flexibility index (Phi) is 9.99. The number of unbranched alkanes of at least 4 members (excludes halogenated alkanes) is 3. The molecule has 1 aromatic carbocycles. The van der Waals surface area contributed by atoms with E-state index in [0.29, 0.717) is 23.7 Å². The molecule has 0 saturated heterocycles. The molecule has 0 heterocycles. The van der Waals surface area contributed by atoms with Gasteiger partial charge in [-0.25, -0.2) is 0 Å². The maximum absolute atomic E-state index is 12.2. The number of hydrogen-bond acceptors (Lipinski definition) is 4. The molecule has 0 spiro atoms. The predicted octanol–water partition coefficient (Wildman–Crippen LogP) is 4.35.